The van der Waals surface area contributed by atoms with E-state index in [0.29, 0.717) is 11.5 Å². The molecule has 2 N–H and O–H groups in total. The van der Waals surface area contributed by atoms with Crippen molar-refractivity contribution in [1.82, 2.24) is 5.32 Å². The molecule has 2 aromatic rings. The van der Waals surface area contributed by atoms with Crippen LogP contribution in [-0.2, 0) is 5.60 Å². The van der Waals surface area contributed by atoms with Gasteiger partial charge in [-0.05, 0) is 25.5 Å². The Morgan fingerprint density at radius 1 is 1.22 bits per heavy atom. The lowest BCUT2D eigenvalue weighted by Crippen LogP contribution is -2.51. The normalized spacial score (nSPS) is 14.3. The first-order valence-electron chi connectivity index (χ1n) is 6.85. The van der Waals surface area contributed by atoms with Gasteiger partial charge in [0.05, 0.1) is 12.1 Å². The fourth-order valence-corrected chi connectivity index (χ4v) is 2.24. The van der Waals surface area contributed by atoms with Crippen LogP contribution in [0.4, 0.5) is 13.2 Å². The lowest BCUT2D eigenvalue weighted by molar-refractivity contribution is -0.263. The molecular formula is C16H16F3NO3. The zero-order valence-corrected chi connectivity index (χ0v) is 12.6. The maximum absolute atomic E-state index is 13.3. The Morgan fingerprint density at radius 2 is 1.83 bits per heavy atom. The number of amides is 1. The van der Waals surface area contributed by atoms with Crippen LogP contribution < -0.4 is 5.32 Å². The predicted octanol–water partition coefficient (Wildman–Crippen LogP) is 3.08. The van der Waals surface area contributed by atoms with E-state index in [0.717, 1.165) is 12.1 Å². The quantitative estimate of drug-likeness (QED) is 0.907. The maximum atomic E-state index is 13.3. The van der Waals surface area contributed by atoms with Crippen molar-refractivity contribution in [3.05, 3.63) is 59.0 Å². The summed E-state index contributed by atoms with van der Waals surface area (Å²) in [7, 11) is 0. The number of hydrogen-bond donors (Lipinski definition) is 2. The molecule has 1 amide bonds. The SMILES string of the molecule is Cc1cc(C(=O)NC[C@@](O)(c2ccccc2)C(F)(F)F)c(C)o1. The Kier molecular flexibility index (Phi) is 4.51. The summed E-state index contributed by atoms with van der Waals surface area (Å²) in [6.07, 6.45) is -4.94. The fraction of sp³-hybridized carbons (Fsp3) is 0.312. The number of carbonyl (C=O) groups is 1. The summed E-state index contributed by atoms with van der Waals surface area (Å²) in [6.45, 7) is 2.16. The molecule has 23 heavy (non-hydrogen) atoms. The highest BCUT2D eigenvalue weighted by Crippen LogP contribution is 2.38. The van der Waals surface area contributed by atoms with Crippen LogP contribution in [0.15, 0.2) is 40.8 Å². The van der Waals surface area contributed by atoms with E-state index in [1.165, 1.54) is 31.2 Å². The second kappa shape index (κ2) is 6.08. The highest BCUT2D eigenvalue weighted by Gasteiger charge is 2.55. The van der Waals surface area contributed by atoms with E-state index >= 15 is 0 Å². The summed E-state index contributed by atoms with van der Waals surface area (Å²) in [4.78, 5) is 12.0. The van der Waals surface area contributed by atoms with Crippen LogP contribution >= 0.6 is 0 Å². The van der Waals surface area contributed by atoms with Gasteiger partial charge < -0.3 is 14.8 Å². The Labute approximate surface area is 130 Å². The van der Waals surface area contributed by atoms with Crippen molar-refractivity contribution < 1.29 is 27.5 Å². The van der Waals surface area contributed by atoms with Gasteiger partial charge in [-0.2, -0.15) is 13.2 Å². The molecule has 1 atom stereocenters. The number of carbonyl (C=O) groups excluding carboxylic acids is 1. The number of aliphatic hydroxyl groups is 1. The monoisotopic (exact) mass is 327 g/mol. The van der Waals surface area contributed by atoms with E-state index in [-0.39, 0.29) is 11.1 Å². The molecule has 1 aromatic carbocycles. The van der Waals surface area contributed by atoms with E-state index < -0.39 is 24.2 Å². The Balaban J connectivity index is 2.23. The third kappa shape index (κ3) is 3.39. The highest BCUT2D eigenvalue weighted by atomic mass is 19.4. The predicted molar refractivity (Wildman–Crippen MR) is 76.9 cm³/mol. The van der Waals surface area contributed by atoms with Crippen molar-refractivity contribution in [3.8, 4) is 0 Å². The second-order valence-electron chi connectivity index (χ2n) is 5.23. The molecule has 0 aliphatic rings. The Hall–Kier alpha value is -2.28. The minimum Gasteiger partial charge on any atom is -0.466 e. The number of aryl methyl sites for hydroxylation is 2. The third-order valence-corrected chi connectivity index (χ3v) is 3.51. The van der Waals surface area contributed by atoms with Crippen molar-refractivity contribution in [2.75, 3.05) is 6.54 Å². The van der Waals surface area contributed by atoms with Gasteiger partial charge in [-0.25, -0.2) is 0 Å². The molecule has 0 spiro atoms. The van der Waals surface area contributed by atoms with Gasteiger partial charge >= 0.3 is 6.18 Å². The molecule has 0 saturated carbocycles. The van der Waals surface area contributed by atoms with Gasteiger partial charge in [0.15, 0.2) is 0 Å². The number of benzene rings is 1. The third-order valence-electron chi connectivity index (χ3n) is 3.51. The summed E-state index contributed by atoms with van der Waals surface area (Å²) in [5.41, 5.74) is -3.37. The van der Waals surface area contributed by atoms with Crippen molar-refractivity contribution in [3.63, 3.8) is 0 Å². The van der Waals surface area contributed by atoms with Crippen LogP contribution in [0.3, 0.4) is 0 Å². The first kappa shape index (κ1) is 17.1. The number of hydrogen-bond acceptors (Lipinski definition) is 3. The average Bonchev–Trinajstić information content (AvgIpc) is 2.83. The fourth-order valence-electron chi connectivity index (χ4n) is 2.24. The number of alkyl halides is 3. The molecule has 0 aliphatic heterocycles. The maximum Gasteiger partial charge on any atom is 0.423 e. The molecule has 1 aromatic heterocycles. The van der Waals surface area contributed by atoms with E-state index in [9.17, 15) is 23.1 Å². The van der Waals surface area contributed by atoms with E-state index in [4.69, 9.17) is 4.42 Å². The average molecular weight is 327 g/mol. The molecular weight excluding hydrogens is 311 g/mol. The van der Waals surface area contributed by atoms with Crippen molar-refractivity contribution in [2.24, 2.45) is 0 Å². The van der Waals surface area contributed by atoms with Crippen LogP contribution in [0.1, 0.15) is 27.4 Å². The van der Waals surface area contributed by atoms with Crippen LogP contribution in [0.25, 0.3) is 0 Å². The largest absolute Gasteiger partial charge is 0.466 e. The first-order chi connectivity index (χ1) is 10.6. The van der Waals surface area contributed by atoms with Gasteiger partial charge in [-0.3, -0.25) is 4.79 Å². The van der Waals surface area contributed by atoms with Crippen LogP contribution in [0, 0.1) is 13.8 Å². The minimum absolute atomic E-state index is 0.139. The van der Waals surface area contributed by atoms with Gasteiger partial charge in [-0.1, -0.05) is 30.3 Å². The summed E-state index contributed by atoms with van der Waals surface area (Å²) in [6, 6.07) is 8.06. The van der Waals surface area contributed by atoms with Gasteiger partial charge in [0.1, 0.15) is 11.5 Å². The Morgan fingerprint density at radius 3 is 2.30 bits per heavy atom. The standard InChI is InChI=1S/C16H16F3NO3/c1-10-8-13(11(2)23-10)14(21)20-9-15(22,16(17,18)19)12-6-4-3-5-7-12/h3-8,22H,9H2,1-2H3,(H,20,21)/t15-/m1/s1. The number of nitrogens with one attached hydrogen (secondary N) is 1. The zero-order chi connectivity index (χ0) is 17.3. The lowest BCUT2D eigenvalue weighted by Gasteiger charge is -2.31. The minimum atomic E-state index is -4.94. The first-order valence-corrected chi connectivity index (χ1v) is 6.85. The summed E-state index contributed by atoms with van der Waals surface area (Å²) in [5.74, 6) is 0.0370. The lowest BCUT2D eigenvalue weighted by atomic mass is 9.93. The zero-order valence-electron chi connectivity index (χ0n) is 12.6. The molecule has 0 aliphatic carbocycles. The van der Waals surface area contributed by atoms with E-state index in [1.54, 1.807) is 6.92 Å². The van der Waals surface area contributed by atoms with Gasteiger partial charge in [0.2, 0.25) is 5.60 Å². The van der Waals surface area contributed by atoms with Crippen molar-refractivity contribution in [2.45, 2.75) is 25.6 Å². The highest BCUT2D eigenvalue weighted by molar-refractivity contribution is 5.95. The molecule has 0 bridgehead atoms. The topological polar surface area (TPSA) is 62.5 Å². The summed E-state index contributed by atoms with van der Waals surface area (Å²) in [5, 5.41) is 12.3. The van der Waals surface area contributed by atoms with Crippen LogP contribution in [-0.4, -0.2) is 23.7 Å². The molecule has 0 saturated heterocycles. The molecule has 2 rings (SSSR count). The molecule has 0 unspecified atom stereocenters. The second-order valence-corrected chi connectivity index (χ2v) is 5.23. The van der Waals surface area contributed by atoms with Crippen molar-refractivity contribution >= 4 is 5.91 Å². The number of rotatable bonds is 4. The summed E-state index contributed by atoms with van der Waals surface area (Å²) >= 11 is 0. The molecule has 1 heterocycles. The van der Waals surface area contributed by atoms with Gasteiger partial charge in [0.25, 0.3) is 5.91 Å². The molecule has 7 heteroatoms. The number of halogens is 3. The smallest absolute Gasteiger partial charge is 0.423 e. The van der Waals surface area contributed by atoms with Crippen LogP contribution in [0.5, 0.6) is 0 Å². The molecule has 124 valence electrons. The van der Waals surface area contributed by atoms with Crippen molar-refractivity contribution in [1.29, 1.82) is 0 Å². The molecule has 4 nitrogen and oxygen atoms in total. The molecule has 0 fully saturated rings. The molecule has 0 radical (unpaired) electrons. The Bertz CT molecular complexity index is 694. The summed E-state index contributed by atoms with van der Waals surface area (Å²) < 4.78 is 45.1. The van der Waals surface area contributed by atoms with E-state index in [1.807, 2.05) is 0 Å². The van der Waals surface area contributed by atoms with Crippen LogP contribution in [0.2, 0.25) is 0 Å². The van der Waals surface area contributed by atoms with Gasteiger partial charge in [-0.15, -0.1) is 0 Å². The number of furan rings is 1. The van der Waals surface area contributed by atoms with Gasteiger partial charge in [0, 0.05) is 0 Å². The van der Waals surface area contributed by atoms with E-state index in [2.05, 4.69) is 5.32 Å².